The molecule has 2 fully saturated rings. The molecule has 0 saturated carbocycles. The highest BCUT2D eigenvalue weighted by Gasteiger charge is 2.49. The second-order valence-corrected chi connectivity index (χ2v) is 10.8. The molecule has 2 heterocycles. The van der Waals surface area contributed by atoms with Crippen molar-refractivity contribution in [3.63, 3.8) is 0 Å². The Labute approximate surface area is 198 Å². The molecule has 3 amide bonds. The van der Waals surface area contributed by atoms with Gasteiger partial charge in [-0.1, -0.05) is 60.7 Å². The predicted molar refractivity (Wildman–Crippen MR) is 128 cm³/mol. The number of rotatable bonds is 5. The van der Waals surface area contributed by atoms with Gasteiger partial charge in [-0.05, 0) is 35.4 Å². The first-order valence-corrected chi connectivity index (χ1v) is 12.6. The number of urea groups is 1. The van der Waals surface area contributed by atoms with Crippen molar-refractivity contribution in [2.45, 2.75) is 17.4 Å². The van der Waals surface area contributed by atoms with Crippen LogP contribution in [0.3, 0.4) is 0 Å². The SMILES string of the molecule is C[C@]1(c2ccccc2)NC(=O)N(CN2CCN(S(=O)(=O)c3ccc4ccccc4c3)CC2)C1=O. The summed E-state index contributed by atoms with van der Waals surface area (Å²) in [7, 11) is -3.63. The molecule has 0 radical (unpaired) electrons. The molecular formula is C25H26N4O4S. The van der Waals surface area contributed by atoms with Crippen molar-refractivity contribution in [3.8, 4) is 0 Å². The van der Waals surface area contributed by atoms with E-state index in [1.807, 2.05) is 65.6 Å². The molecular weight excluding hydrogens is 452 g/mol. The van der Waals surface area contributed by atoms with Gasteiger partial charge in [-0.15, -0.1) is 0 Å². The van der Waals surface area contributed by atoms with Crippen LogP contribution in [0.25, 0.3) is 10.8 Å². The summed E-state index contributed by atoms with van der Waals surface area (Å²) < 4.78 is 27.9. The molecule has 34 heavy (non-hydrogen) atoms. The Morgan fingerprint density at radius 1 is 0.853 bits per heavy atom. The standard InChI is InChI=1S/C25H26N4O4S/c1-25(21-9-3-2-4-10-21)23(30)29(24(31)26-25)18-27-13-15-28(16-14-27)34(32,33)22-12-11-19-7-5-6-8-20(19)17-22/h2-12,17H,13-16,18H2,1H3,(H,26,31)/t25-/m1/s1. The van der Waals surface area contributed by atoms with Crippen molar-refractivity contribution in [1.29, 1.82) is 0 Å². The average Bonchev–Trinajstić information content (AvgIpc) is 3.08. The van der Waals surface area contributed by atoms with Crippen LogP contribution in [0.15, 0.2) is 77.7 Å². The quantitative estimate of drug-likeness (QED) is 0.570. The summed E-state index contributed by atoms with van der Waals surface area (Å²) >= 11 is 0. The topological polar surface area (TPSA) is 90.0 Å². The Kier molecular flexibility index (Phi) is 5.63. The first kappa shape index (κ1) is 22.5. The molecule has 9 heteroatoms. The fourth-order valence-electron chi connectivity index (χ4n) is 4.58. The van der Waals surface area contributed by atoms with Gasteiger partial charge in [0.2, 0.25) is 10.0 Å². The zero-order valence-corrected chi connectivity index (χ0v) is 19.7. The van der Waals surface area contributed by atoms with E-state index >= 15 is 0 Å². The molecule has 1 N–H and O–H groups in total. The number of hydrogen-bond acceptors (Lipinski definition) is 5. The molecule has 2 aliphatic heterocycles. The van der Waals surface area contributed by atoms with E-state index in [1.54, 1.807) is 19.1 Å². The Bertz CT molecular complexity index is 1350. The lowest BCUT2D eigenvalue weighted by atomic mass is 9.92. The highest BCUT2D eigenvalue weighted by Crippen LogP contribution is 2.29. The summed E-state index contributed by atoms with van der Waals surface area (Å²) in [6.07, 6.45) is 0. The Hall–Kier alpha value is -3.27. The smallest absolute Gasteiger partial charge is 0.319 e. The number of nitrogens with one attached hydrogen (secondary N) is 1. The number of nitrogens with zero attached hydrogens (tertiary/aromatic N) is 3. The maximum absolute atomic E-state index is 13.2. The second-order valence-electron chi connectivity index (χ2n) is 8.83. The number of benzene rings is 3. The van der Waals surface area contributed by atoms with Crippen LogP contribution in [-0.4, -0.2) is 67.3 Å². The summed E-state index contributed by atoms with van der Waals surface area (Å²) in [5, 5.41) is 4.67. The third-order valence-electron chi connectivity index (χ3n) is 6.66. The van der Waals surface area contributed by atoms with E-state index in [1.165, 1.54) is 9.21 Å². The Balaban J connectivity index is 1.25. The van der Waals surface area contributed by atoms with Gasteiger partial charge in [0.1, 0.15) is 5.54 Å². The normalized spacial score (nSPS) is 22.3. The van der Waals surface area contributed by atoms with Crippen molar-refractivity contribution >= 4 is 32.7 Å². The lowest BCUT2D eigenvalue weighted by Crippen LogP contribution is -2.52. The monoisotopic (exact) mass is 478 g/mol. The maximum atomic E-state index is 13.2. The van der Waals surface area contributed by atoms with E-state index in [-0.39, 0.29) is 30.6 Å². The fourth-order valence-corrected chi connectivity index (χ4v) is 6.04. The van der Waals surface area contributed by atoms with Crippen molar-refractivity contribution in [2.24, 2.45) is 0 Å². The van der Waals surface area contributed by atoms with Crippen LogP contribution in [0.5, 0.6) is 0 Å². The Morgan fingerprint density at radius 3 is 2.21 bits per heavy atom. The molecule has 0 aliphatic carbocycles. The predicted octanol–water partition coefficient (Wildman–Crippen LogP) is 2.57. The number of piperazine rings is 1. The molecule has 0 aromatic heterocycles. The third kappa shape index (κ3) is 3.85. The van der Waals surface area contributed by atoms with E-state index in [4.69, 9.17) is 0 Å². The zero-order valence-electron chi connectivity index (χ0n) is 18.8. The summed E-state index contributed by atoms with van der Waals surface area (Å²) in [4.78, 5) is 29.2. The summed E-state index contributed by atoms with van der Waals surface area (Å²) in [5.74, 6) is -0.310. The molecule has 0 bridgehead atoms. The number of amides is 3. The summed E-state index contributed by atoms with van der Waals surface area (Å²) in [6.45, 7) is 3.25. The number of fused-ring (bicyclic) bond motifs is 1. The Morgan fingerprint density at radius 2 is 1.50 bits per heavy atom. The van der Waals surface area contributed by atoms with E-state index in [9.17, 15) is 18.0 Å². The van der Waals surface area contributed by atoms with Crippen molar-refractivity contribution in [3.05, 3.63) is 78.4 Å². The summed E-state index contributed by atoms with van der Waals surface area (Å²) in [5.41, 5.74) is -0.387. The molecule has 5 rings (SSSR count). The molecule has 2 aliphatic rings. The molecule has 1 atom stereocenters. The first-order chi connectivity index (χ1) is 16.3. The van der Waals surface area contributed by atoms with E-state index in [0.29, 0.717) is 13.1 Å². The lowest BCUT2D eigenvalue weighted by Gasteiger charge is -2.35. The van der Waals surface area contributed by atoms with Gasteiger partial charge in [0.05, 0.1) is 11.6 Å². The molecule has 3 aromatic rings. The third-order valence-corrected chi connectivity index (χ3v) is 8.55. The van der Waals surface area contributed by atoms with Gasteiger partial charge in [0.15, 0.2) is 0 Å². The minimum Gasteiger partial charge on any atom is -0.319 e. The maximum Gasteiger partial charge on any atom is 0.326 e. The van der Waals surface area contributed by atoms with Crippen molar-refractivity contribution < 1.29 is 18.0 Å². The average molecular weight is 479 g/mol. The number of hydrogen-bond donors (Lipinski definition) is 1. The molecule has 2 saturated heterocycles. The van der Waals surface area contributed by atoms with Crippen LogP contribution in [0.2, 0.25) is 0 Å². The minimum absolute atomic E-state index is 0.122. The molecule has 3 aromatic carbocycles. The van der Waals surface area contributed by atoms with Gasteiger partial charge in [-0.2, -0.15) is 4.31 Å². The van der Waals surface area contributed by atoms with E-state index in [2.05, 4.69) is 5.32 Å². The van der Waals surface area contributed by atoms with E-state index in [0.717, 1.165) is 16.3 Å². The zero-order chi connectivity index (χ0) is 23.9. The molecule has 0 spiro atoms. The number of carbonyl (C=O) groups excluding carboxylic acids is 2. The van der Waals surface area contributed by atoms with Crippen molar-refractivity contribution in [1.82, 2.24) is 19.4 Å². The van der Waals surface area contributed by atoms with Crippen LogP contribution < -0.4 is 5.32 Å². The van der Waals surface area contributed by atoms with Crippen LogP contribution in [0.4, 0.5) is 4.79 Å². The highest BCUT2D eigenvalue weighted by molar-refractivity contribution is 7.89. The number of sulfonamides is 1. The van der Waals surface area contributed by atoms with Crippen LogP contribution in [-0.2, 0) is 20.4 Å². The number of imide groups is 1. The molecule has 176 valence electrons. The van der Waals surface area contributed by atoms with Gasteiger partial charge < -0.3 is 5.32 Å². The summed E-state index contributed by atoms with van der Waals surface area (Å²) in [6, 6.07) is 21.5. The largest absolute Gasteiger partial charge is 0.326 e. The van der Waals surface area contributed by atoms with Gasteiger partial charge >= 0.3 is 6.03 Å². The first-order valence-electron chi connectivity index (χ1n) is 11.2. The lowest BCUT2D eigenvalue weighted by molar-refractivity contribution is -0.132. The van der Waals surface area contributed by atoms with Crippen LogP contribution in [0.1, 0.15) is 12.5 Å². The van der Waals surface area contributed by atoms with Crippen LogP contribution >= 0.6 is 0 Å². The van der Waals surface area contributed by atoms with Gasteiger partial charge in [0.25, 0.3) is 5.91 Å². The van der Waals surface area contributed by atoms with Gasteiger partial charge in [-0.3, -0.25) is 9.69 Å². The molecule has 0 unspecified atom stereocenters. The van der Waals surface area contributed by atoms with Crippen LogP contribution in [0, 0.1) is 0 Å². The minimum atomic E-state index is -3.63. The van der Waals surface area contributed by atoms with Gasteiger partial charge in [-0.25, -0.2) is 18.1 Å². The second kappa shape index (κ2) is 8.50. The number of carbonyl (C=O) groups is 2. The van der Waals surface area contributed by atoms with E-state index < -0.39 is 21.6 Å². The van der Waals surface area contributed by atoms with Gasteiger partial charge in [0, 0.05) is 26.2 Å². The highest BCUT2D eigenvalue weighted by atomic mass is 32.2. The van der Waals surface area contributed by atoms with Crippen molar-refractivity contribution in [2.75, 3.05) is 32.8 Å². The fraction of sp³-hybridized carbons (Fsp3) is 0.280. The molecule has 8 nitrogen and oxygen atoms in total.